The number of hydrogen-bond acceptors (Lipinski definition) is 26. The molecule has 2 bridgehead atoms. The van der Waals surface area contributed by atoms with Crippen molar-refractivity contribution < 1.29 is 120 Å². The molecule has 5 heterocycles. The first-order valence-corrected chi connectivity index (χ1v) is 39.8. The van der Waals surface area contributed by atoms with Gasteiger partial charge in [0.1, 0.15) is 28.9 Å². The van der Waals surface area contributed by atoms with Gasteiger partial charge in [-0.15, -0.1) is 0 Å². The number of methoxy groups -OCH3 is 1. The summed E-state index contributed by atoms with van der Waals surface area (Å²) in [4.78, 5) is 170. The lowest BCUT2D eigenvalue weighted by molar-refractivity contribution is -0.144. The summed E-state index contributed by atoms with van der Waals surface area (Å²) < 4.78 is 65.5. The van der Waals surface area contributed by atoms with Crippen molar-refractivity contribution in [1.82, 2.24) is 46.7 Å². The maximum Gasteiger partial charge on any atom is 0.246 e. The first-order valence-electron chi connectivity index (χ1n) is 37.4. The van der Waals surface area contributed by atoms with Crippen LogP contribution in [0.2, 0.25) is 0 Å². The summed E-state index contributed by atoms with van der Waals surface area (Å²) in [6, 6.07) is -3.68. The van der Waals surface area contributed by atoms with Gasteiger partial charge in [-0.3, -0.25) is 66.6 Å². The summed E-state index contributed by atoms with van der Waals surface area (Å²) in [5.41, 5.74) is 6.75. The van der Waals surface area contributed by atoms with Gasteiger partial charge in [0, 0.05) is 85.6 Å². The van der Waals surface area contributed by atoms with E-state index in [1.165, 1.54) is 30.7 Å². The third-order valence-corrected chi connectivity index (χ3v) is 21.8. The van der Waals surface area contributed by atoms with E-state index in [1.807, 2.05) is 6.92 Å². The number of H-pyrrole nitrogens is 1. The molecule has 1 aromatic carbocycles. The molecule has 6 rings (SSSR count). The Balaban J connectivity index is 1.00. The number of benzene rings is 1. The number of ketones is 2. The molecule has 2 saturated heterocycles. The minimum absolute atomic E-state index is 0.0891. The van der Waals surface area contributed by atoms with Gasteiger partial charge in [-0.05, 0) is 55.1 Å². The summed E-state index contributed by atoms with van der Waals surface area (Å²) in [6.45, 7) is 10.3. The zero-order chi connectivity index (χ0) is 79.4. The Morgan fingerprint density at radius 1 is 0.725 bits per heavy atom. The Labute approximate surface area is 641 Å². The van der Waals surface area contributed by atoms with Gasteiger partial charge < -0.3 is 105 Å². The van der Waals surface area contributed by atoms with Gasteiger partial charge in [0.05, 0.1) is 186 Å². The van der Waals surface area contributed by atoms with Crippen LogP contribution in [0, 0.1) is 29.6 Å². The lowest BCUT2D eigenvalue weighted by Gasteiger charge is -2.32. The van der Waals surface area contributed by atoms with Crippen LogP contribution in [-0.4, -0.2) is 305 Å². The number of thioether (sulfide) groups is 1. The molecule has 0 spiro atoms. The molecule has 0 saturated carbocycles. The fourth-order valence-corrected chi connectivity index (χ4v) is 15.2. The Hall–Kier alpha value is -7.14. The number of unbranched alkanes of at least 4 members (excludes halogenated alkanes) is 1. The van der Waals surface area contributed by atoms with Crippen molar-refractivity contribution in [3.05, 3.63) is 23.3 Å². The normalized spacial score (nSPS) is 23.2. The quantitative estimate of drug-likeness (QED) is 0.0253. The van der Waals surface area contributed by atoms with E-state index in [4.69, 9.17) is 48.4 Å². The maximum absolute atomic E-state index is 15.4. The number of hydrogen-bond donors (Lipinski definition) is 11. The molecular formula is C72H112N10O25S2. The SMILES string of the molecule is CCC1CC(=O)N(CCOCCOCCOCCOCCOCCOCCOCCOCCC(=O)NCCCCSCc2c(OC)ccc3c4c([nH]c23)S(=O)C[C@@H]2NC(=O)CNC(=O)[C@H]([C@@H](C)CC)CC(=O)CNC(=O)[C@@H](CC(=O)[C@H]([C@@H](C)[C@@H](O)CO)NC(=O)[C@@H]3C[C@@H](O)CN3C(=O)[C@H](CC(N)=O)NC2=O)C4)C1=O. The highest BCUT2D eigenvalue weighted by Gasteiger charge is 2.46. The number of Topliss-reactive ketones (excluding diaryl/α,β-unsaturated/α-hetero) is 2. The molecule has 4 aliphatic rings. The number of primary amides is 1. The number of nitrogens with zero attached hydrogens (tertiary/aromatic N) is 2. The maximum atomic E-state index is 15.4. The number of ether oxygens (including phenoxy) is 9. The fraction of sp³-hybridized carbons (Fsp3) is 0.722. The molecule has 10 amide bonds. The molecule has 12 N–H and O–H groups in total. The summed E-state index contributed by atoms with van der Waals surface area (Å²) in [5, 5.41) is 48.0. The van der Waals surface area contributed by atoms with Crippen LogP contribution in [0.25, 0.3) is 10.9 Å². The van der Waals surface area contributed by atoms with Gasteiger partial charge in [-0.25, -0.2) is 0 Å². The Kier molecular flexibility index (Phi) is 40.5. The van der Waals surface area contributed by atoms with Crippen LogP contribution in [0.4, 0.5) is 0 Å². The summed E-state index contributed by atoms with van der Waals surface area (Å²) in [6.07, 6.45) is -3.06. The van der Waals surface area contributed by atoms with Crippen LogP contribution in [0.1, 0.15) is 103 Å². The highest BCUT2D eigenvalue weighted by atomic mass is 32.2. The Bertz CT molecular complexity index is 3370. The van der Waals surface area contributed by atoms with Crippen molar-refractivity contribution in [1.29, 1.82) is 0 Å². The number of carbonyl (C=O) groups is 12. The predicted molar refractivity (Wildman–Crippen MR) is 394 cm³/mol. The van der Waals surface area contributed by atoms with E-state index in [2.05, 4.69) is 36.9 Å². The molecule has 12 atom stereocenters. The van der Waals surface area contributed by atoms with E-state index < -0.39 is 181 Å². The van der Waals surface area contributed by atoms with Crippen molar-refractivity contribution in [2.45, 2.75) is 145 Å². The first kappa shape index (κ1) is 90.7. The summed E-state index contributed by atoms with van der Waals surface area (Å²) in [7, 11) is -0.968. The highest BCUT2D eigenvalue weighted by Crippen LogP contribution is 2.38. The van der Waals surface area contributed by atoms with Crippen molar-refractivity contribution in [2.24, 2.45) is 35.3 Å². The molecule has 2 fully saturated rings. The van der Waals surface area contributed by atoms with E-state index in [0.29, 0.717) is 146 Å². The number of aromatic amines is 1. The van der Waals surface area contributed by atoms with Gasteiger partial charge in [-0.2, -0.15) is 11.8 Å². The molecule has 37 heteroatoms. The van der Waals surface area contributed by atoms with E-state index >= 15 is 9.00 Å². The number of fused-ring (bicyclic) bond motifs is 5. The monoisotopic (exact) mass is 1580 g/mol. The standard InChI is InChI=1S/C72H112N10O25S2/c1-6-44(3)51-35-48(84)38-75-66(92)47-32-52-50-10-11-59(99-5)53(42-108-31-9-8-13-74-61(89)12-15-100-17-19-102-21-23-104-25-27-106-29-30-107-28-26-105-24-22-103-20-18-101-16-14-81-63(91)34-46(7-2)71(81)96)65(50)80-70(52)109(98)43-55(77-62(90)39-76-67(51)93)68(94)78-54(37-60(73)88)72(97)82-40-49(85)36-56(82)69(95)79-64(57(86)33-47)45(4)58(87)41-83/h10-11,44-47,49,51,54-56,58,64,80,83,85,87H,6-9,12-43H2,1-5H3,(H2,73,88)(H,74,89)(H,75,92)(H,76,93)(H,77,90)(H,78,94)(H,79,95)/t44-,45-,46?,47+,49+,51-,54-,55-,56-,58-,64-,109?/m0/s1. The fourth-order valence-electron chi connectivity index (χ4n) is 12.8. The van der Waals surface area contributed by atoms with Crippen LogP contribution in [-0.2, 0) is 118 Å². The molecule has 35 nitrogen and oxygen atoms in total. The highest BCUT2D eigenvalue weighted by molar-refractivity contribution is 7.98. The summed E-state index contributed by atoms with van der Waals surface area (Å²) >= 11 is 1.51. The number of carbonyl (C=O) groups excluding carboxylic acids is 12. The lowest BCUT2D eigenvalue weighted by atomic mass is 9.85. The van der Waals surface area contributed by atoms with Crippen LogP contribution < -0.4 is 42.4 Å². The number of likely N-dealkylation sites (tertiary alicyclic amines) is 1. The third-order valence-electron chi connectivity index (χ3n) is 19.3. The lowest BCUT2D eigenvalue weighted by Crippen LogP contribution is -2.60. The number of aliphatic hydroxyl groups is 3. The summed E-state index contributed by atoms with van der Waals surface area (Å²) in [5.74, 6) is -12.7. The third kappa shape index (κ3) is 29.5. The zero-order valence-electron chi connectivity index (χ0n) is 63.1. The van der Waals surface area contributed by atoms with Crippen molar-refractivity contribution in [3.63, 3.8) is 0 Å². The molecule has 2 aromatic rings. The van der Waals surface area contributed by atoms with Crippen molar-refractivity contribution in [3.8, 4) is 5.75 Å². The van der Waals surface area contributed by atoms with Gasteiger partial charge in [0.25, 0.3) is 0 Å². The molecule has 612 valence electrons. The van der Waals surface area contributed by atoms with Crippen molar-refractivity contribution >= 4 is 104 Å². The second kappa shape index (κ2) is 48.6. The van der Waals surface area contributed by atoms with Gasteiger partial charge >= 0.3 is 0 Å². The van der Waals surface area contributed by atoms with Gasteiger partial charge in [-0.1, -0.05) is 34.1 Å². The smallest absolute Gasteiger partial charge is 0.246 e. The zero-order valence-corrected chi connectivity index (χ0v) is 64.7. The molecule has 2 unspecified atom stereocenters. The first-order chi connectivity index (χ1) is 52.4. The van der Waals surface area contributed by atoms with Gasteiger partial charge in [0.2, 0.25) is 59.1 Å². The molecule has 0 aliphatic carbocycles. The molecular weight excluding hydrogens is 1470 g/mol. The van der Waals surface area contributed by atoms with E-state index in [1.54, 1.807) is 26.0 Å². The van der Waals surface area contributed by atoms with Gasteiger partial charge in [0.15, 0.2) is 11.6 Å². The van der Waals surface area contributed by atoms with Crippen LogP contribution in [0.15, 0.2) is 17.2 Å². The predicted octanol–water partition coefficient (Wildman–Crippen LogP) is -2.00. The van der Waals surface area contributed by atoms with E-state index in [-0.39, 0.29) is 85.6 Å². The van der Waals surface area contributed by atoms with Crippen molar-refractivity contribution in [2.75, 3.05) is 164 Å². The van der Waals surface area contributed by atoms with E-state index in [0.717, 1.165) is 4.90 Å². The second-order valence-corrected chi connectivity index (χ2v) is 29.7. The van der Waals surface area contributed by atoms with Crippen LogP contribution >= 0.6 is 11.8 Å². The number of amides is 10. The Morgan fingerprint density at radius 2 is 1.33 bits per heavy atom. The number of imide groups is 1. The topological polar surface area (TPSA) is 486 Å². The average Bonchev–Trinajstić information content (AvgIpc) is 1.62. The van der Waals surface area contributed by atoms with E-state index in [9.17, 15) is 68.1 Å². The van der Waals surface area contributed by atoms with Crippen LogP contribution in [0.3, 0.4) is 0 Å². The number of aromatic nitrogens is 1. The average molecular weight is 1580 g/mol. The molecule has 4 aliphatic heterocycles. The molecule has 109 heavy (non-hydrogen) atoms. The van der Waals surface area contributed by atoms with Crippen LogP contribution in [0.5, 0.6) is 5.75 Å². The minimum Gasteiger partial charge on any atom is -0.496 e. The number of nitrogens with two attached hydrogens (primary N) is 1. The minimum atomic E-state index is -2.42. The second-order valence-electron chi connectivity index (χ2n) is 27.2. The largest absolute Gasteiger partial charge is 0.496 e. The number of nitrogens with one attached hydrogen (secondary N) is 7. The number of aliphatic hydroxyl groups excluding tert-OH is 3. The molecule has 0 radical (unpaired) electrons. The number of rotatable bonds is 43. The molecule has 1 aromatic heterocycles. The Morgan fingerprint density at radius 3 is 1.91 bits per heavy atom.